The molecule has 0 aromatic heterocycles. The van der Waals surface area contributed by atoms with Crippen molar-refractivity contribution in [2.24, 2.45) is 28.6 Å². The van der Waals surface area contributed by atoms with Gasteiger partial charge in [-0.1, -0.05) is 13.8 Å². The third kappa shape index (κ3) is 3.56. The van der Waals surface area contributed by atoms with Crippen LogP contribution < -0.4 is 0 Å². The van der Waals surface area contributed by atoms with E-state index in [0.29, 0.717) is 19.3 Å². The number of ether oxygens (including phenoxy) is 4. The smallest absolute Gasteiger partial charge is 0.312 e. The largest absolute Gasteiger partial charge is 0.465 e. The van der Waals surface area contributed by atoms with Gasteiger partial charge in [0.05, 0.1) is 36.8 Å². The number of carbonyl (C=O) groups is 3. The van der Waals surface area contributed by atoms with Gasteiger partial charge in [-0.05, 0) is 31.1 Å². The summed E-state index contributed by atoms with van der Waals surface area (Å²) in [6, 6.07) is 0. The molecule has 34 heavy (non-hydrogen) atoms. The van der Waals surface area contributed by atoms with Crippen molar-refractivity contribution in [2.45, 2.75) is 83.4 Å². The summed E-state index contributed by atoms with van der Waals surface area (Å²) in [6.45, 7) is 6.26. The highest BCUT2D eigenvalue weighted by Gasteiger charge is 2.79. The quantitative estimate of drug-likeness (QED) is 0.273. The van der Waals surface area contributed by atoms with Crippen molar-refractivity contribution in [3.05, 3.63) is 0 Å². The first kappa shape index (κ1) is 25.3. The van der Waals surface area contributed by atoms with Crippen molar-refractivity contribution in [3.8, 4) is 0 Å². The maximum absolute atomic E-state index is 12.6. The van der Waals surface area contributed by atoms with Crippen LogP contribution in [0.4, 0.5) is 0 Å². The van der Waals surface area contributed by atoms with Gasteiger partial charge in [-0.3, -0.25) is 14.4 Å². The van der Waals surface area contributed by atoms with Crippen LogP contribution in [0.3, 0.4) is 0 Å². The molecule has 0 radical (unpaired) electrons. The molecule has 0 amide bonds. The molecule has 3 N–H and O–H groups in total. The molecule has 4 aliphatic rings. The van der Waals surface area contributed by atoms with Gasteiger partial charge in [-0.2, -0.15) is 0 Å². The second-order valence-corrected chi connectivity index (χ2v) is 10.8. The number of rotatable bonds is 6. The number of cyclic esters (lactones) is 1. The molecular formula is C24H36O10. The van der Waals surface area contributed by atoms with E-state index in [0.717, 1.165) is 0 Å². The Morgan fingerprint density at radius 2 is 1.88 bits per heavy atom. The Labute approximate surface area is 198 Å². The summed E-state index contributed by atoms with van der Waals surface area (Å²) in [4.78, 5) is 36.7. The van der Waals surface area contributed by atoms with Gasteiger partial charge in [-0.25, -0.2) is 0 Å². The van der Waals surface area contributed by atoms with Crippen LogP contribution in [-0.4, -0.2) is 83.1 Å². The molecule has 2 heterocycles. The van der Waals surface area contributed by atoms with Crippen molar-refractivity contribution in [1.82, 2.24) is 0 Å². The molecule has 0 aromatic rings. The average Bonchev–Trinajstić information content (AvgIpc) is 3.48. The Kier molecular flexibility index (Phi) is 6.50. The number of aliphatic hydroxyl groups is 3. The molecule has 10 heteroatoms. The predicted molar refractivity (Wildman–Crippen MR) is 115 cm³/mol. The summed E-state index contributed by atoms with van der Waals surface area (Å²) >= 11 is 0. The van der Waals surface area contributed by atoms with Crippen LogP contribution in [0.5, 0.6) is 0 Å². The Morgan fingerprint density at radius 3 is 2.44 bits per heavy atom. The zero-order valence-corrected chi connectivity index (χ0v) is 20.2. The minimum atomic E-state index is -1.22. The topological polar surface area (TPSA) is 152 Å². The number of fused-ring (bicyclic) bond motifs is 2. The summed E-state index contributed by atoms with van der Waals surface area (Å²) in [5.74, 6) is -2.74. The molecule has 2 aliphatic carbocycles. The lowest BCUT2D eigenvalue weighted by Crippen LogP contribution is -2.71. The van der Waals surface area contributed by atoms with Crippen molar-refractivity contribution < 1.29 is 48.7 Å². The molecule has 2 saturated carbocycles. The SMILES string of the molecule is CC(=O)OC[C@@]12[C@@H](OC(C)=O)C[C@@H](C)[C@](C)([C@H]3C[C@@H]([C@@H](O)CO)C(=O)O3)[C@H]1CC[C@H](O)[C@]21CO1. The summed E-state index contributed by atoms with van der Waals surface area (Å²) < 4.78 is 23.2. The fourth-order valence-electron chi connectivity index (χ4n) is 7.31. The second-order valence-electron chi connectivity index (χ2n) is 10.8. The van der Waals surface area contributed by atoms with Gasteiger partial charge < -0.3 is 34.3 Å². The van der Waals surface area contributed by atoms with Crippen molar-refractivity contribution in [1.29, 1.82) is 0 Å². The minimum Gasteiger partial charge on any atom is -0.465 e. The Morgan fingerprint density at radius 1 is 1.21 bits per heavy atom. The molecule has 0 unspecified atom stereocenters. The van der Waals surface area contributed by atoms with Crippen LogP contribution in [0.15, 0.2) is 0 Å². The highest BCUT2D eigenvalue weighted by atomic mass is 16.6. The van der Waals surface area contributed by atoms with Crippen LogP contribution in [0.25, 0.3) is 0 Å². The van der Waals surface area contributed by atoms with E-state index in [1.807, 2.05) is 13.8 Å². The number of esters is 3. The lowest BCUT2D eigenvalue weighted by molar-refractivity contribution is -0.258. The first-order valence-electron chi connectivity index (χ1n) is 12.1. The van der Waals surface area contributed by atoms with Crippen LogP contribution in [0.2, 0.25) is 0 Å². The summed E-state index contributed by atoms with van der Waals surface area (Å²) in [5, 5.41) is 30.6. The fourth-order valence-corrected chi connectivity index (χ4v) is 7.31. The number of hydrogen-bond acceptors (Lipinski definition) is 10. The van der Waals surface area contributed by atoms with Gasteiger partial charge in [0.25, 0.3) is 0 Å². The van der Waals surface area contributed by atoms with Gasteiger partial charge in [0.15, 0.2) is 0 Å². The van der Waals surface area contributed by atoms with Gasteiger partial charge in [0, 0.05) is 25.7 Å². The Bertz CT molecular complexity index is 840. The fraction of sp³-hybridized carbons (Fsp3) is 0.875. The normalized spacial score (nSPS) is 46.4. The molecule has 10 atom stereocenters. The van der Waals surface area contributed by atoms with Crippen LogP contribution in [-0.2, 0) is 33.3 Å². The first-order valence-corrected chi connectivity index (χ1v) is 12.1. The van der Waals surface area contributed by atoms with E-state index < -0.39 is 71.3 Å². The van der Waals surface area contributed by atoms with Crippen molar-refractivity contribution >= 4 is 17.9 Å². The van der Waals surface area contributed by atoms with Crippen molar-refractivity contribution in [2.75, 3.05) is 19.8 Å². The Balaban J connectivity index is 1.81. The van der Waals surface area contributed by atoms with E-state index in [1.165, 1.54) is 13.8 Å². The van der Waals surface area contributed by atoms with Crippen LogP contribution in [0.1, 0.15) is 53.4 Å². The van der Waals surface area contributed by atoms with E-state index in [2.05, 4.69) is 0 Å². The number of hydrogen-bond donors (Lipinski definition) is 3. The third-order valence-corrected chi connectivity index (χ3v) is 9.28. The first-order chi connectivity index (χ1) is 15.9. The monoisotopic (exact) mass is 484 g/mol. The molecule has 2 saturated heterocycles. The predicted octanol–water partition coefficient (Wildman–Crippen LogP) is 0.339. The van der Waals surface area contributed by atoms with Gasteiger partial charge in [0.1, 0.15) is 24.4 Å². The maximum Gasteiger partial charge on any atom is 0.312 e. The van der Waals surface area contributed by atoms with Gasteiger partial charge in [-0.15, -0.1) is 0 Å². The second kappa shape index (κ2) is 8.72. The Hall–Kier alpha value is -1.75. The zero-order valence-electron chi connectivity index (χ0n) is 20.2. The summed E-state index contributed by atoms with van der Waals surface area (Å²) in [6.07, 6.45) is -1.71. The van der Waals surface area contributed by atoms with E-state index >= 15 is 0 Å². The molecule has 192 valence electrons. The standard InChI is InChI=1S/C24H36O10/c1-12-7-20(33-14(3)27)23(10-31-13(2)26)17(5-6-18(29)24(23)11-32-24)22(12,4)19-8-15(16(28)9-25)21(30)34-19/h12,15-20,25,28-29H,5-11H2,1-4H3/t12-,15+,16+,17-,18+,19-,20+,22+,23+,24-/m1/s1. The number of aliphatic hydroxyl groups excluding tert-OH is 3. The molecule has 2 aliphatic heterocycles. The summed E-state index contributed by atoms with van der Waals surface area (Å²) in [7, 11) is 0. The number of carbonyl (C=O) groups excluding carboxylic acids is 3. The van der Waals surface area contributed by atoms with Crippen LogP contribution >= 0.6 is 0 Å². The molecule has 4 fully saturated rings. The maximum atomic E-state index is 12.6. The molecular weight excluding hydrogens is 448 g/mol. The minimum absolute atomic E-state index is 0.0823. The zero-order chi connectivity index (χ0) is 25.1. The highest BCUT2D eigenvalue weighted by molar-refractivity contribution is 5.75. The molecule has 1 spiro atoms. The summed E-state index contributed by atoms with van der Waals surface area (Å²) in [5.41, 5.74) is -2.74. The lowest BCUT2D eigenvalue weighted by atomic mass is 9.42. The molecule has 10 nitrogen and oxygen atoms in total. The average molecular weight is 485 g/mol. The van der Waals surface area contributed by atoms with Gasteiger partial charge in [0.2, 0.25) is 0 Å². The van der Waals surface area contributed by atoms with E-state index in [-0.39, 0.29) is 31.5 Å². The third-order valence-electron chi connectivity index (χ3n) is 9.28. The number of epoxide rings is 1. The van der Waals surface area contributed by atoms with Crippen molar-refractivity contribution in [3.63, 3.8) is 0 Å². The lowest BCUT2D eigenvalue weighted by Gasteiger charge is -2.64. The van der Waals surface area contributed by atoms with E-state index in [4.69, 9.17) is 18.9 Å². The van der Waals surface area contributed by atoms with E-state index in [9.17, 15) is 29.7 Å². The highest BCUT2D eigenvalue weighted by Crippen LogP contribution is 2.69. The van der Waals surface area contributed by atoms with E-state index in [1.54, 1.807) is 0 Å². The molecule has 0 aromatic carbocycles. The molecule has 4 rings (SSSR count). The van der Waals surface area contributed by atoms with Gasteiger partial charge >= 0.3 is 17.9 Å². The van der Waals surface area contributed by atoms with Crippen LogP contribution in [0, 0.1) is 28.6 Å². The molecule has 0 bridgehead atoms.